The molecule has 3 nitrogen and oxygen atoms in total. The molecule has 0 radical (unpaired) electrons. The summed E-state index contributed by atoms with van der Waals surface area (Å²) >= 11 is 0. The first-order valence-electron chi connectivity index (χ1n) is 5.90. The van der Waals surface area contributed by atoms with Gasteiger partial charge in [-0.25, -0.2) is 0 Å². The summed E-state index contributed by atoms with van der Waals surface area (Å²) in [5.41, 5.74) is 2.06. The van der Waals surface area contributed by atoms with E-state index in [4.69, 9.17) is 9.68 Å². The predicted octanol–water partition coefficient (Wildman–Crippen LogP) is 3.07. The standard InChI is InChI=1S/C14H16N2O/c1-2-11(7-15)8-16-9-12-10-17-14-6-4-3-5-13(12)14/h3-6,10-11,16H,2,8-9H2,1H3. The number of nitrogens with zero attached hydrogens (tertiary/aromatic N) is 1. The van der Waals surface area contributed by atoms with Crippen molar-refractivity contribution in [2.45, 2.75) is 19.9 Å². The summed E-state index contributed by atoms with van der Waals surface area (Å²) in [4.78, 5) is 0. The molecule has 3 heteroatoms. The van der Waals surface area contributed by atoms with E-state index in [1.165, 1.54) is 0 Å². The number of fused-ring (bicyclic) bond motifs is 1. The highest BCUT2D eigenvalue weighted by Crippen LogP contribution is 2.20. The van der Waals surface area contributed by atoms with Crippen LogP contribution >= 0.6 is 0 Å². The Morgan fingerprint density at radius 2 is 2.24 bits per heavy atom. The van der Waals surface area contributed by atoms with Crippen molar-refractivity contribution in [3.8, 4) is 6.07 Å². The van der Waals surface area contributed by atoms with Crippen molar-refractivity contribution in [3.63, 3.8) is 0 Å². The van der Waals surface area contributed by atoms with E-state index in [0.717, 1.165) is 36.0 Å². The summed E-state index contributed by atoms with van der Waals surface area (Å²) in [6.45, 7) is 3.50. The Hall–Kier alpha value is -1.79. The summed E-state index contributed by atoms with van der Waals surface area (Å²) < 4.78 is 5.45. The minimum absolute atomic E-state index is 0.0909. The van der Waals surface area contributed by atoms with E-state index in [2.05, 4.69) is 17.5 Å². The van der Waals surface area contributed by atoms with E-state index in [1.807, 2.05) is 25.1 Å². The molecule has 1 aromatic heterocycles. The van der Waals surface area contributed by atoms with Crippen LogP contribution in [0.2, 0.25) is 0 Å². The van der Waals surface area contributed by atoms with Crippen LogP contribution in [0.3, 0.4) is 0 Å². The molecule has 0 bridgehead atoms. The fourth-order valence-corrected chi connectivity index (χ4v) is 1.83. The van der Waals surface area contributed by atoms with Gasteiger partial charge in [-0.2, -0.15) is 5.26 Å². The van der Waals surface area contributed by atoms with E-state index < -0.39 is 0 Å². The van der Waals surface area contributed by atoms with Crippen LogP contribution in [0.4, 0.5) is 0 Å². The molecule has 0 fully saturated rings. The second kappa shape index (κ2) is 5.51. The molecule has 2 rings (SSSR count). The van der Waals surface area contributed by atoms with Gasteiger partial charge in [0, 0.05) is 24.0 Å². The molecule has 1 N–H and O–H groups in total. The van der Waals surface area contributed by atoms with Gasteiger partial charge in [-0.15, -0.1) is 0 Å². The molecule has 1 atom stereocenters. The van der Waals surface area contributed by atoms with Crippen molar-refractivity contribution in [1.82, 2.24) is 5.32 Å². The SMILES string of the molecule is CCC(C#N)CNCc1coc2ccccc12. The Kier molecular flexibility index (Phi) is 3.79. The first-order chi connectivity index (χ1) is 8.35. The first kappa shape index (κ1) is 11.7. The van der Waals surface area contributed by atoms with E-state index >= 15 is 0 Å². The van der Waals surface area contributed by atoms with E-state index in [1.54, 1.807) is 6.26 Å². The Balaban J connectivity index is 1.98. The lowest BCUT2D eigenvalue weighted by molar-refractivity contribution is 0.547. The van der Waals surface area contributed by atoms with Crippen LogP contribution in [0.25, 0.3) is 11.0 Å². The zero-order valence-electron chi connectivity index (χ0n) is 9.94. The molecule has 1 unspecified atom stereocenters. The molecule has 1 aromatic carbocycles. The van der Waals surface area contributed by atoms with Crippen LogP contribution in [-0.4, -0.2) is 6.54 Å². The van der Waals surface area contributed by atoms with Crippen LogP contribution in [-0.2, 0) is 6.54 Å². The second-order valence-corrected chi connectivity index (χ2v) is 4.12. The third-order valence-corrected chi connectivity index (χ3v) is 2.94. The van der Waals surface area contributed by atoms with Gasteiger partial charge in [0.15, 0.2) is 0 Å². The van der Waals surface area contributed by atoms with Crippen molar-refractivity contribution in [3.05, 3.63) is 36.1 Å². The third-order valence-electron chi connectivity index (χ3n) is 2.94. The highest BCUT2D eigenvalue weighted by atomic mass is 16.3. The Morgan fingerprint density at radius 1 is 1.41 bits per heavy atom. The summed E-state index contributed by atoms with van der Waals surface area (Å²) in [6.07, 6.45) is 2.67. The first-order valence-corrected chi connectivity index (χ1v) is 5.90. The molecule has 2 aromatic rings. The van der Waals surface area contributed by atoms with E-state index in [9.17, 15) is 0 Å². The maximum absolute atomic E-state index is 8.85. The van der Waals surface area contributed by atoms with Gasteiger partial charge in [0.25, 0.3) is 0 Å². The highest BCUT2D eigenvalue weighted by Gasteiger charge is 2.06. The molecule has 0 aliphatic heterocycles. The van der Waals surface area contributed by atoms with Gasteiger partial charge < -0.3 is 9.73 Å². The van der Waals surface area contributed by atoms with Crippen molar-refractivity contribution < 1.29 is 4.42 Å². The van der Waals surface area contributed by atoms with Crippen molar-refractivity contribution in [2.24, 2.45) is 5.92 Å². The molecule has 0 aliphatic rings. The normalized spacial score (nSPS) is 12.5. The molecule has 0 aliphatic carbocycles. The fraction of sp³-hybridized carbons (Fsp3) is 0.357. The molecular formula is C14H16N2O. The lowest BCUT2D eigenvalue weighted by Gasteiger charge is -2.06. The molecule has 17 heavy (non-hydrogen) atoms. The number of nitrogens with one attached hydrogen (secondary N) is 1. The average molecular weight is 228 g/mol. The summed E-state index contributed by atoms with van der Waals surface area (Å²) in [5, 5.41) is 13.3. The smallest absolute Gasteiger partial charge is 0.134 e. The second-order valence-electron chi connectivity index (χ2n) is 4.12. The number of hydrogen-bond acceptors (Lipinski definition) is 3. The van der Waals surface area contributed by atoms with Crippen molar-refractivity contribution >= 4 is 11.0 Å². The van der Waals surface area contributed by atoms with Crippen LogP contribution in [0.15, 0.2) is 34.9 Å². The molecule has 0 amide bonds. The molecule has 0 saturated heterocycles. The van der Waals surface area contributed by atoms with Crippen LogP contribution in [0, 0.1) is 17.2 Å². The number of benzene rings is 1. The minimum atomic E-state index is 0.0909. The maximum atomic E-state index is 8.85. The largest absolute Gasteiger partial charge is 0.464 e. The van der Waals surface area contributed by atoms with Crippen molar-refractivity contribution in [2.75, 3.05) is 6.54 Å². The lowest BCUT2D eigenvalue weighted by Crippen LogP contribution is -2.20. The fourth-order valence-electron chi connectivity index (χ4n) is 1.83. The van der Waals surface area contributed by atoms with Gasteiger partial charge in [-0.1, -0.05) is 25.1 Å². The maximum Gasteiger partial charge on any atom is 0.134 e. The monoisotopic (exact) mass is 228 g/mol. The van der Waals surface area contributed by atoms with E-state index in [0.29, 0.717) is 0 Å². The van der Waals surface area contributed by atoms with Gasteiger partial charge in [0.05, 0.1) is 18.3 Å². The van der Waals surface area contributed by atoms with Gasteiger partial charge in [0.1, 0.15) is 5.58 Å². The van der Waals surface area contributed by atoms with Crippen molar-refractivity contribution in [1.29, 1.82) is 5.26 Å². The Labute approximate surface area is 101 Å². The van der Waals surface area contributed by atoms with Gasteiger partial charge >= 0.3 is 0 Å². The zero-order valence-corrected chi connectivity index (χ0v) is 9.94. The van der Waals surface area contributed by atoms with Crippen LogP contribution < -0.4 is 5.32 Å². The number of hydrogen-bond donors (Lipinski definition) is 1. The van der Waals surface area contributed by atoms with Gasteiger partial charge in [-0.05, 0) is 12.5 Å². The zero-order chi connectivity index (χ0) is 12.1. The molecule has 0 saturated carbocycles. The van der Waals surface area contributed by atoms with Crippen LogP contribution in [0.1, 0.15) is 18.9 Å². The predicted molar refractivity (Wildman–Crippen MR) is 67.3 cm³/mol. The quantitative estimate of drug-likeness (QED) is 0.855. The number of furan rings is 1. The average Bonchev–Trinajstić information content (AvgIpc) is 2.78. The topological polar surface area (TPSA) is 49.0 Å². The summed E-state index contributed by atoms with van der Waals surface area (Å²) in [5.74, 6) is 0.0909. The molecular weight excluding hydrogens is 212 g/mol. The minimum Gasteiger partial charge on any atom is -0.464 e. The lowest BCUT2D eigenvalue weighted by atomic mass is 10.1. The summed E-state index contributed by atoms with van der Waals surface area (Å²) in [7, 11) is 0. The number of nitriles is 1. The van der Waals surface area contributed by atoms with Gasteiger partial charge in [0.2, 0.25) is 0 Å². The highest BCUT2D eigenvalue weighted by molar-refractivity contribution is 5.80. The van der Waals surface area contributed by atoms with Crippen LogP contribution in [0.5, 0.6) is 0 Å². The summed E-state index contributed by atoms with van der Waals surface area (Å²) in [6, 6.07) is 10.3. The third kappa shape index (κ3) is 2.66. The molecule has 88 valence electrons. The van der Waals surface area contributed by atoms with E-state index in [-0.39, 0.29) is 5.92 Å². The number of para-hydroxylation sites is 1. The Morgan fingerprint density at radius 3 is 3.00 bits per heavy atom. The Bertz CT molecular complexity index is 524. The number of rotatable bonds is 5. The van der Waals surface area contributed by atoms with Gasteiger partial charge in [-0.3, -0.25) is 0 Å². The molecule has 0 spiro atoms. The molecule has 1 heterocycles.